The van der Waals surface area contributed by atoms with Gasteiger partial charge in [-0.05, 0) is 19.9 Å². The van der Waals surface area contributed by atoms with Crippen molar-refractivity contribution in [1.82, 2.24) is 24.5 Å². The van der Waals surface area contributed by atoms with Gasteiger partial charge >= 0.3 is 12.2 Å². The van der Waals surface area contributed by atoms with Gasteiger partial charge in [0.15, 0.2) is 17.4 Å². The van der Waals surface area contributed by atoms with E-state index in [9.17, 15) is 31.5 Å². The van der Waals surface area contributed by atoms with Crippen molar-refractivity contribution < 1.29 is 36.3 Å². The van der Waals surface area contributed by atoms with E-state index < -0.39 is 54.6 Å². The Labute approximate surface area is 217 Å². The van der Waals surface area contributed by atoms with Crippen molar-refractivity contribution in [2.45, 2.75) is 31.9 Å². The van der Waals surface area contributed by atoms with Gasteiger partial charge in [-0.25, -0.2) is 28.1 Å². The lowest BCUT2D eigenvalue weighted by Gasteiger charge is -2.28. The second-order valence-corrected chi connectivity index (χ2v) is 9.08. The summed E-state index contributed by atoms with van der Waals surface area (Å²) in [6, 6.07) is 1.10. The molecule has 0 aliphatic carbocycles. The topological polar surface area (TPSA) is 105 Å². The van der Waals surface area contributed by atoms with Gasteiger partial charge in [0, 0.05) is 26.2 Å². The zero-order valence-electron chi connectivity index (χ0n) is 20.2. The molecule has 0 saturated carbocycles. The molecule has 16 heteroatoms. The first-order valence-corrected chi connectivity index (χ1v) is 11.5. The van der Waals surface area contributed by atoms with Gasteiger partial charge in [-0.15, -0.1) is 0 Å². The normalized spacial score (nSPS) is 17.2. The molecule has 3 aromatic rings. The highest BCUT2D eigenvalue weighted by atomic mass is 35.5. The molecule has 0 fully saturated rings. The second kappa shape index (κ2) is 9.85. The van der Waals surface area contributed by atoms with Crippen molar-refractivity contribution in [3.05, 3.63) is 40.9 Å². The predicted octanol–water partition coefficient (Wildman–Crippen LogP) is 4.44. The minimum Gasteiger partial charge on any atom is -0.467 e. The lowest BCUT2D eigenvalue weighted by atomic mass is 9.88. The monoisotopic (exact) mass is 561 g/mol. The quantitative estimate of drug-likeness (QED) is 0.446. The molecule has 10 nitrogen and oxygen atoms in total. The number of urea groups is 1. The van der Waals surface area contributed by atoms with E-state index in [4.69, 9.17) is 16.3 Å². The Morgan fingerprint density at radius 3 is 2.61 bits per heavy atom. The van der Waals surface area contributed by atoms with Crippen LogP contribution in [0.3, 0.4) is 0 Å². The molecule has 0 radical (unpaired) electrons. The number of alkyl halides is 5. The van der Waals surface area contributed by atoms with Crippen molar-refractivity contribution >= 4 is 40.6 Å². The number of anilines is 2. The number of amides is 3. The van der Waals surface area contributed by atoms with E-state index in [2.05, 4.69) is 20.4 Å². The highest BCUT2D eigenvalue weighted by Crippen LogP contribution is 2.50. The highest BCUT2D eigenvalue weighted by Gasteiger charge is 2.60. The average Bonchev–Trinajstić information content (AvgIpc) is 3.39. The van der Waals surface area contributed by atoms with Crippen molar-refractivity contribution in [1.29, 1.82) is 0 Å². The maximum absolute atomic E-state index is 14.2. The number of hydrogen-bond donors (Lipinski definition) is 1. The zero-order chi connectivity index (χ0) is 28.0. The first kappa shape index (κ1) is 27.3. The summed E-state index contributed by atoms with van der Waals surface area (Å²) >= 11 is 5.87. The molecule has 1 aliphatic rings. The lowest BCUT2D eigenvalue weighted by Crippen LogP contribution is -2.46. The number of ether oxygens (including phenoxy) is 1. The number of fused-ring (bicyclic) bond motifs is 3. The smallest absolute Gasteiger partial charge is 0.401 e. The third-order valence-corrected chi connectivity index (χ3v) is 6.38. The molecule has 3 aromatic heterocycles. The molecule has 4 rings (SSSR count). The molecule has 1 atom stereocenters. The van der Waals surface area contributed by atoms with Crippen LogP contribution in [-0.4, -0.2) is 69.3 Å². The van der Waals surface area contributed by atoms with Gasteiger partial charge in [0.05, 0.1) is 35.0 Å². The van der Waals surface area contributed by atoms with E-state index in [1.165, 1.54) is 18.0 Å². The lowest BCUT2D eigenvalue weighted by molar-refractivity contribution is -0.181. The van der Waals surface area contributed by atoms with Crippen LogP contribution in [0.25, 0.3) is 5.65 Å². The Kier molecular flexibility index (Phi) is 7.07. The summed E-state index contributed by atoms with van der Waals surface area (Å²) in [6.45, 7) is 1.64. The fourth-order valence-corrected chi connectivity index (χ4v) is 4.09. The summed E-state index contributed by atoms with van der Waals surface area (Å²) in [5, 5.41) is 6.09. The van der Waals surface area contributed by atoms with E-state index in [-0.39, 0.29) is 27.9 Å². The van der Waals surface area contributed by atoms with E-state index in [0.717, 1.165) is 34.8 Å². The molecule has 0 spiro atoms. The van der Waals surface area contributed by atoms with Crippen LogP contribution >= 0.6 is 11.6 Å². The van der Waals surface area contributed by atoms with Crippen molar-refractivity contribution in [3.8, 4) is 5.88 Å². The van der Waals surface area contributed by atoms with Gasteiger partial charge in [-0.2, -0.15) is 18.3 Å². The Balaban J connectivity index is 1.63. The standard InChI is InChI=1S/C22H21ClF5N7O3/c1-4-33(3)16(36)9-38-19-12(18(24)25)5-11(7-30-19)31-20(37)34-10-21(2,22(26,27)28)17-13(34)8-29-15-6-14(23)32-35(15)17/h5-8,18H,4,9-10H2,1-3H3,(H,31,37)/t21-/m1/s1. The van der Waals surface area contributed by atoms with E-state index in [0.29, 0.717) is 6.54 Å². The number of aromatic nitrogens is 4. The highest BCUT2D eigenvalue weighted by molar-refractivity contribution is 6.29. The predicted molar refractivity (Wildman–Crippen MR) is 126 cm³/mol. The molecule has 4 heterocycles. The Morgan fingerprint density at radius 1 is 1.26 bits per heavy atom. The van der Waals surface area contributed by atoms with E-state index in [1.807, 2.05) is 0 Å². The van der Waals surface area contributed by atoms with Crippen molar-refractivity contribution in [3.63, 3.8) is 0 Å². The van der Waals surface area contributed by atoms with Crippen LogP contribution in [0.15, 0.2) is 24.5 Å². The number of hydrogen-bond acceptors (Lipinski definition) is 6. The summed E-state index contributed by atoms with van der Waals surface area (Å²) in [5.41, 5.74) is -3.97. The number of carbonyl (C=O) groups excluding carboxylic acids is 2. The summed E-state index contributed by atoms with van der Waals surface area (Å²) in [4.78, 5) is 34.9. The van der Waals surface area contributed by atoms with Crippen LogP contribution in [-0.2, 0) is 10.2 Å². The van der Waals surface area contributed by atoms with Gasteiger partial charge in [-0.3, -0.25) is 9.69 Å². The molecule has 204 valence electrons. The van der Waals surface area contributed by atoms with Crippen LogP contribution in [0.1, 0.15) is 31.5 Å². The third kappa shape index (κ3) is 4.77. The first-order valence-electron chi connectivity index (χ1n) is 11.1. The molecule has 0 aromatic carbocycles. The van der Waals surface area contributed by atoms with Crippen molar-refractivity contribution in [2.24, 2.45) is 0 Å². The molecule has 38 heavy (non-hydrogen) atoms. The maximum Gasteiger partial charge on any atom is 0.401 e. The minimum atomic E-state index is -4.80. The Bertz CT molecular complexity index is 1400. The van der Waals surface area contributed by atoms with Crippen molar-refractivity contribution in [2.75, 3.05) is 37.0 Å². The first-order chi connectivity index (χ1) is 17.8. The SMILES string of the molecule is CCN(C)C(=O)COc1ncc(NC(=O)N2C[C@@](C)(C(F)(F)F)c3c2cnc2cc(Cl)nn32)cc1C(F)F. The van der Waals surface area contributed by atoms with Crippen LogP contribution in [0.5, 0.6) is 5.88 Å². The van der Waals surface area contributed by atoms with E-state index in [1.54, 1.807) is 6.92 Å². The van der Waals surface area contributed by atoms with E-state index >= 15 is 0 Å². The molecule has 1 aliphatic heterocycles. The molecule has 3 amide bonds. The van der Waals surface area contributed by atoms with Crippen LogP contribution in [0, 0.1) is 0 Å². The molecule has 0 bridgehead atoms. The second-order valence-electron chi connectivity index (χ2n) is 8.69. The number of pyridine rings is 1. The van der Waals surface area contributed by atoms with Crippen LogP contribution in [0.2, 0.25) is 5.15 Å². The number of rotatable bonds is 6. The number of carbonyl (C=O) groups is 2. The number of nitrogens with one attached hydrogen (secondary N) is 1. The van der Waals surface area contributed by atoms with Gasteiger partial charge < -0.3 is 15.0 Å². The fourth-order valence-electron chi connectivity index (χ4n) is 3.91. The largest absolute Gasteiger partial charge is 0.467 e. The number of nitrogens with zero attached hydrogens (tertiary/aromatic N) is 6. The number of likely N-dealkylation sites (N-methyl/N-ethyl adjacent to an activating group) is 1. The Hall–Kier alpha value is -3.75. The zero-order valence-corrected chi connectivity index (χ0v) is 20.9. The van der Waals surface area contributed by atoms with Gasteiger partial charge in [0.2, 0.25) is 5.88 Å². The molecule has 0 unspecified atom stereocenters. The van der Waals surface area contributed by atoms with Crippen LogP contribution in [0.4, 0.5) is 38.1 Å². The molecular weight excluding hydrogens is 541 g/mol. The molecule has 0 saturated heterocycles. The maximum atomic E-state index is 14.2. The summed E-state index contributed by atoms with van der Waals surface area (Å²) in [5.74, 6) is -0.984. The third-order valence-electron chi connectivity index (χ3n) is 6.19. The van der Waals surface area contributed by atoms with Gasteiger partial charge in [-0.1, -0.05) is 11.6 Å². The summed E-state index contributed by atoms with van der Waals surface area (Å²) < 4.78 is 76.1. The minimum absolute atomic E-state index is 0.0523. The average molecular weight is 562 g/mol. The van der Waals surface area contributed by atoms with Gasteiger partial charge in [0.25, 0.3) is 12.3 Å². The molecule has 1 N–H and O–H groups in total. The molecular formula is C22H21ClF5N7O3. The van der Waals surface area contributed by atoms with Crippen LogP contribution < -0.4 is 15.0 Å². The Morgan fingerprint density at radius 2 is 1.97 bits per heavy atom. The fraction of sp³-hybridized carbons (Fsp3) is 0.409. The van der Waals surface area contributed by atoms with Gasteiger partial charge in [0.1, 0.15) is 5.41 Å². The summed E-state index contributed by atoms with van der Waals surface area (Å²) in [7, 11) is 1.51. The number of halogens is 6. The summed E-state index contributed by atoms with van der Waals surface area (Å²) in [6.07, 6.45) is -5.81.